The molecule has 2 aliphatic rings. The first-order valence-electron chi connectivity index (χ1n) is 9.42. The van der Waals surface area contributed by atoms with Gasteiger partial charge in [-0.15, -0.1) is 0 Å². The molecule has 0 aromatic heterocycles. The molecule has 1 amide bonds. The van der Waals surface area contributed by atoms with Gasteiger partial charge < -0.3 is 5.32 Å². The lowest BCUT2D eigenvalue weighted by Gasteiger charge is -2.37. The highest BCUT2D eigenvalue weighted by molar-refractivity contribution is 6.42. The monoisotopic (exact) mass is 348 g/mol. The van der Waals surface area contributed by atoms with Crippen molar-refractivity contribution >= 4 is 11.7 Å². The molecule has 2 aromatic rings. The summed E-state index contributed by atoms with van der Waals surface area (Å²) in [5.74, 6) is -0.936. The minimum absolute atomic E-state index is 0.0487. The van der Waals surface area contributed by atoms with Crippen LogP contribution in [0.25, 0.3) is 0 Å². The minimum Gasteiger partial charge on any atom is -0.345 e. The van der Waals surface area contributed by atoms with Gasteiger partial charge in [-0.3, -0.25) is 14.5 Å². The van der Waals surface area contributed by atoms with Crippen LogP contribution in [0.15, 0.2) is 54.6 Å². The molecule has 1 atom stereocenters. The third-order valence-electron chi connectivity index (χ3n) is 5.58. The number of nitrogens with one attached hydrogen (secondary N) is 1. The van der Waals surface area contributed by atoms with Gasteiger partial charge in [-0.05, 0) is 43.4 Å². The number of fused-ring (bicyclic) bond motifs is 1. The zero-order valence-corrected chi connectivity index (χ0v) is 14.9. The van der Waals surface area contributed by atoms with Gasteiger partial charge in [0.15, 0.2) is 0 Å². The SMILES string of the molecule is O=C(N[C@H]1CCCN(C2Cc3ccccc3C2)C1)C(=O)c1ccccc1. The normalized spacial score (nSPS) is 20.5. The Bertz CT molecular complexity index is 778. The lowest BCUT2D eigenvalue weighted by atomic mass is 10.0. The molecule has 1 saturated heterocycles. The van der Waals surface area contributed by atoms with Crippen LogP contribution >= 0.6 is 0 Å². The van der Waals surface area contributed by atoms with Crippen molar-refractivity contribution in [3.63, 3.8) is 0 Å². The molecule has 1 aliphatic heterocycles. The summed E-state index contributed by atoms with van der Waals surface area (Å²) < 4.78 is 0. The third kappa shape index (κ3) is 3.56. The van der Waals surface area contributed by atoms with Gasteiger partial charge in [0.25, 0.3) is 5.91 Å². The average Bonchev–Trinajstić information content (AvgIpc) is 3.12. The Morgan fingerprint density at radius 2 is 1.58 bits per heavy atom. The number of carbonyl (C=O) groups is 2. The van der Waals surface area contributed by atoms with E-state index in [1.165, 1.54) is 11.1 Å². The molecule has 0 bridgehead atoms. The van der Waals surface area contributed by atoms with Crippen molar-refractivity contribution in [3.05, 3.63) is 71.3 Å². The number of carbonyl (C=O) groups excluding carboxylic acids is 2. The van der Waals surface area contributed by atoms with Gasteiger partial charge in [-0.1, -0.05) is 54.6 Å². The molecule has 1 aliphatic carbocycles. The second-order valence-corrected chi connectivity index (χ2v) is 7.33. The molecule has 0 spiro atoms. The third-order valence-corrected chi connectivity index (χ3v) is 5.58. The summed E-state index contributed by atoms with van der Waals surface area (Å²) in [6.45, 7) is 1.89. The van der Waals surface area contributed by atoms with E-state index in [9.17, 15) is 9.59 Å². The smallest absolute Gasteiger partial charge is 0.292 e. The molecule has 0 unspecified atom stereocenters. The molecule has 0 radical (unpaired) electrons. The zero-order chi connectivity index (χ0) is 17.9. The van der Waals surface area contributed by atoms with Crippen LogP contribution in [0.4, 0.5) is 0 Å². The first kappa shape index (κ1) is 17.0. The number of benzene rings is 2. The molecular weight excluding hydrogens is 324 g/mol. The summed E-state index contributed by atoms with van der Waals surface area (Å²) in [5, 5.41) is 2.96. The quantitative estimate of drug-likeness (QED) is 0.683. The Kier molecular flexibility index (Phi) is 4.85. The fourth-order valence-electron chi connectivity index (χ4n) is 4.22. The van der Waals surface area contributed by atoms with E-state index >= 15 is 0 Å². The Balaban J connectivity index is 1.36. The van der Waals surface area contributed by atoms with Gasteiger partial charge in [-0.2, -0.15) is 0 Å². The van der Waals surface area contributed by atoms with E-state index in [1.807, 2.05) is 6.07 Å². The fourth-order valence-corrected chi connectivity index (χ4v) is 4.22. The Morgan fingerprint density at radius 1 is 0.923 bits per heavy atom. The van der Waals surface area contributed by atoms with E-state index in [0.29, 0.717) is 11.6 Å². The highest BCUT2D eigenvalue weighted by atomic mass is 16.2. The summed E-state index contributed by atoms with van der Waals surface area (Å²) >= 11 is 0. The molecule has 134 valence electrons. The molecule has 4 heteroatoms. The lowest BCUT2D eigenvalue weighted by molar-refractivity contribution is -0.118. The minimum atomic E-state index is -0.488. The molecule has 2 aromatic carbocycles. The van der Waals surface area contributed by atoms with Crippen molar-refractivity contribution in [1.29, 1.82) is 0 Å². The highest BCUT2D eigenvalue weighted by Gasteiger charge is 2.31. The molecule has 1 N–H and O–H groups in total. The van der Waals surface area contributed by atoms with Gasteiger partial charge in [0, 0.05) is 24.2 Å². The van der Waals surface area contributed by atoms with Crippen LogP contribution in [-0.2, 0) is 17.6 Å². The van der Waals surface area contributed by atoms with E-state index < -0.39 is 11.7 Å². The molecule has 4 rings (SSSR count). The summed E-state index contributed by atoms with van der Waals surface area (Å²) in [6, 6.07) is 18.0. The summed E-state index contributed by atoms with van der Waals surface area (Å²) in [5.41, 5.74) is 3.34. The van der Waals surface area contributed by atoms with Crippen LogP contribution in [0.5, 0.6) is 0 Å². The standard InChI is InChI=1S/C22H24N2O2/c25-21(16-7-2-1-3-8-16)22(26)23-19-11-6-12-24(15-19)20-13-17-9-4-5-10-18(17)14-20/h1-5,7-10,19-20H,6,11-15H2,(H,23,26)/t19-/m0/s1. The largest absolute Gasteiger partial charge is 0.345 e. The van der Waals surface area contributed by atoms with Crippen molar-refractivity contribution in [2.24, 2.45) is 0 Å². The molecule has 1 heterocycles. The molecular formula is C22H24N2O2. The van der Waals surface area contributed by atoms with Crippen molar-refractivity contribution < 1.29 is 9.59 Å². The van der Waals surface area contributed by atoms with Gasteiger partial charge in [0.05, 0.1) is 0 Å². The zero-order valence-electron chi connectivity index (χ0n) is 14.9. The van der Waals surface area contributed by atoms with E-state index in [1.54, 1.807) is 24.3 Å². The topological polar surface area (TPSA) is 49.4 Å². The molecule has 4 nitrogen and oxygen atoms in total. The number of Topliss-reactive ketones (excluding diaryl/α,β-unsaturated/α-hetero) is 1. The van der Waals surface area contributed by atoms with Gasteiger partial charge in [0.2, 0.25) is 5.78 Å². The van der Waals surface area contributed by atoms with Crippen LogP contribution in [0.3, 0.4) is 0 Å². The number of amides is 1. The molecule has 1 fully saturated rings. The molecule has 26 heavy (non-hydrogen) atoms. The number of rotatable bonds is 4. The van der Waals surface area contributed by atoms with Crippen LogP contribution < -0.4 is 5.32 Å². The van der Waals surface area contributed by atoms with Crippen LogP contribution in [0.1, 0.15) is 34.3 Å². The Labute approximate surface area is 154 Å². The number of piperidine rings is 1. The van der Waals surface area contributed by atoms with Crippen molar-refractivity contribution in [1.82, 2.24) is 10.2 Å². The van der Waals surface area contributed by atoms with E-state index in [2.05, 4.69) is 34.5 Å². The molecule has 0 saturated carbocycles. The second-order valence-electron chi connectivity index (χ2n) is 7.33. The maximum Gasteiger partial charge on any atom is 0.292 e. The van der Waals surface area contributed by atoms with Crippen molar-refractivity contribution in [3.8, 4) is 0 Å². The lowest BCUT2D eigenvalue weighted by Crippen LogP contribution is -2.52. The van der Waals surface area contributed by atoms with Gasteiger partial charge >= 0.3 is 0 Å². The Morgan fingerprint density at radius 3 is 2.27 bits per heavy atom. The predicted molar refractivity (Wildman–Crippen MR) is 101 cm³/mol. The van der Waals surface area contributed by atoms with E-state index in [4.69, 9.17) is 0 Å². The maximum absolute atomic E-state index is 12.3. The number of nitrogens with zero attached hydrogens (tertiary/aromatic N) is 1. The Hall–Kier alpha value is -2.46. The first-order chi connectivity index (χ1) is 12.7. The number of hydrogen-bond donors (Lipinski definition) is 1. The first-order valence-corrected chi connectivity index (χ1v) is 9.42. The summed E-state index contributed by atoms with van der Waals surface area (Å²) in [7, 11) is 0. The fraction of sp³-hybridized carbons (Fsp3) is 0.364. The summed E-state index contributed by atoms with van der Waals surface area (Å²) in [4.78, 5) is 27.1. The summed E-state index contributed by atoms with van der Waals surface area (Å²) in [6.07, 6.45) is 4.15. The van der Waals surface area contributed by atoms with Crippen LogP contribution in [0.2, 0.25) is 0 Å². The number of likely N-dealkylation sites (tertiary alicyclic amines) is 1. The highest BCUT2D eigenvalue weighted by Crippen LogP contribution is 2.27. The number of hydrogen-bond acceptors (Lipinski definition) is 3. The predicted octanol–water partition coefficient (Wildman–Crippen LogP) is 2.62. The van der Waals surface area contributed by atoms with Crippen molar-refractivity contribution in [2.45, 2.75) is 37.8 Å². The van der Waals surface area contributed by atoms with E-state index in [-0.39, 0.29) is 6.04 Å². The van der Waals surface area contributed by atoms with Crippen molar-refractivity contribution in [2.75, 3.05) is 13.1 Å². The van der Waals surface area contributed by atoms with E-state index in [0.717, 1.165) is 38.8 Å². The second kappa shape index (κ2) is 7.42. The maximum atomic E-state index is 12.3. The van der Waals surface area contributed by atoms with Gasteiger partial charge in [0.1, 0.15) is 0 Å². The average molecular weight is 348 g/mol. The van der Waals surface area contributed by atoms with Crippen LogP contribution in [0, 0.1) is 0 Å². The van der Waals surface area contributed by atoms with Gasteiger partial charge in [-0.25, -0.2) is 0 Å². The van der Waals surface area contributed by atoms with Crippen LogP contribution in [-0.4, -0.2) is 41.8 Å². The number of ketones is 1.